The third-order valence-corrected chi connectivity index (χ3v) is 4.26. The van der Waals surface area contributed by atoms with Gasteiger partial charge < -0.3 is 9.80 Å². The summed E-state index contributed by atoms with van der Waals surface area (Å²) >= 11 is 0. The van der Waals surface area contributed by atoms with Crippen LogP contribution in [0.25, 0.3) is 5.82 Å². The Morgan fingerprint density at radius 1 is 0.840 bits per heavy atom. The summed E-state index contributed by atoms with van der Waals surface area (Å²) in [5.41, 5.74) is 1.00. The summed E-state index contributed by atoms with van der Waals surface area (Å²) < 4.78 is 1.70. The summed E-state index contributed by atoms with van der Waals surface area (Å²) in [6, 6.07) is 7.85. The second kappa shape index (κ2) is 6.46. The molecule has 8 nitrogen and oxygen atoms in total. The number of rotatable bonds is 3. The van der Waals surface area contributed by atoms with Crippen molar-refractivity contribution in [3.05, 3.63) is 48.2 Å². The van der Waals surface area contributed by atoms with E-state index in [0.717, 1.165) is 55.2 Å². The molecule has 128 valence electrons. The summed E-state index contributed by atoms with van der Waals surface area (Å²) in [7, 11) is 0. The number of piperazine rings is 1. The van der Waals surface area contributed by atoms with Crippen molar-refractivity contribution in [3.8, 4) is 5.82 Å². The van der Waals surface area contributed by atoms with E-state index in [1.807, 2.05) is 44.3 Å². The normalized spacial score (nSPS) is 14.8. The molecule has 0 atom stereocenters. The highest BCUT2D eigenvalue weighted by Gasteiger charge is 2.20. The first-order valence-corrected chi connectivity index (χ1v) is 8.35. The van der Waals surface area contributed by atoms with Crippen molar-refractivity contribution < 1.29 is 0 Å². The fourth-order valence-corrected chi connectivity index (χ4v) is 3.04. The van der Waals surface area contributed by atoms with Gasteiger partial charge in [-0.1, -0.05) is 0 Å². The van der Waals surface area contributed by atoms with E-state index in [9.17, 15) is 0 Å². The van der Waals surface area contributed by atoms with E-state index in [0.29, 0.717) is 0 Å². The smallest absolute Gasteiger partial charge is 0.175 e. The molecule has 0 aliphatic carbocycles. The minimum atomic E-state index is 0.722. The quantitative estimate of drug-likeness (QED) is 0.715. The molecule has 25 heavy (non-hydrogen) atoms. The number of aromatic nitrogens is 6. The molecule has 1 aliphatic rings. The van der Waals surface area contributed by atoms with Crippen LogP contribution in [0.1, 0.15) is 11.5 Å². The van der Waals surface area contributed by atoms with Crippen LogP contribution >= 0.6 is 0 Å². The molecule has 0 spiro atoms. The molecule has 0 amide bonds. The molecule has 8 heteroatoms. The molecule has 1 aliphatic heterocycles. The molecular weight excluding hydrogens is 316 g/mol. The first kappa shape index (κ1) is 15.5. The van der Waals surface area contributed by atoms with Gasteiger partial charge in [-0.25, -0.2) is 14.6 Å². The van der Waals surface area contributed by atoms with E-state index in [1.165, 1.54) is 0 Å². The first-order valence-electron chi connectivity index (χ1n) is 8.35. The van der Waals surface area contributed by atoms with Crippen LogP contribution in [-0.2, 0) is 0 Å². The predicted octanol–water partition coefficient (Wildman–Crippen LogP) is 1.40. The Labute approximate surface area is 146 Å². The van der Waals surface area contributed by atoms with E-state index in [2.05, 4.69) is 35.1 Å². The van der Waals surface area contributed by atoms with Gasteiger partial charge in [-0.3, -0.25) is 0 Å². The molecule has 3 aromatic heterocycles. The fourth-order valence-electron chi connectivity index (χ4n) is 3.04. The molecule has 3 aromatic rings. The Bertz CT molecular complexity index is 815. The summed E-state index contributed by atoms with van der Waals surface area (Å²) in [6.45, 7) is 7.52. The van der Waals surface area contributed by atoms with Crippen LogP contribution in [0, 0.1) is 13.8 Å². The van der Waals surface area contributed by atoms with Crippen LogP contribution in [0.4, 0.5) is 11.6 Å². The maximum Gasteiger partial charge on any atom is 0.175 e. The lowest BCUT2D eigenvalue weighted by Gasteiger charge is -2.35. The topological polar surface area (TPSA) is 75.9 Å². The number of nitrogens with zero attached hydrogens (tertiary/aromatic N) is 8. The Hall–Kier alpha value is -3.03. The average molecular weight is 336 g/mol. The zero-order valence-corrected chi connectivity index (χ0v) is 14.4. The second-order valence-electron chi connectivity index (χ2n) is 6.09. The lowest BCUT2D eigenvalue weighted by atomic mass is 10.3. The monoisotopic (exact) mass is 336 g/mol. The number of anilines is 2. The van der Waals surface area contributed by atoms with Crippen LogP contribution in [0.2, 0.25) is 0 Å². The lowest BCUT2D eigenvalue weighted by Crippen LogP contribution is -2.47. The molecule has 0 bridgehead atoms. The molecule has 0 N–H and O–H groups in total. The fraction of sp³-hybridized carbons (Fsp3) is 0.353. The van der Waals surface area contributed by atoms with Crippen LogP contribution in [0.3, 0.4) is 0 Å². The molecule has 4 rings (SSSR count). The van der Waals surface area contributed by atoms with Gasteiger partial charge in [0, 0.05) is 50.3 Å². The van der Waals surface area contributed by atoms with Gasteiger partial charge in [-0.2, -0.15) is 5.10 Å². The Morgan fingerprint density at radius 3 is 2.12 bits per heavy atom. The lowest BCUT2D eigenvalue weighted by molar-refractivity contribution is 0.635. The van der Waals surface area contributed by atoms with Gasteiger partial charge in [0.25, 0.3) is 0 Å². The standard InChI is InChI=1S/C17H20N8/c1-13-12-17(20-14(2)19-13)24-10-8-23(9-11-24)15-4-5-16(22-21-15)25-7-3-6-18-25/h3-7,12H,8-11H2,1-2H3. The second-order valence-corrected chi connectivity index (χ2v) is 6.09. The highest BCUT2D eigenvalue weighted by atomic mass is 15.4. The molecule has 0 saturated carbocycles. The Kier molecular flexibility index (Phi) is 4.01. The van der Waals surface area contributed by atoms with Crippen molar-refractivity contribution in [2.24, 2.45) is 0 Å². The zero-order valence-electron chi connectivity index (χ0n) is 14.4. The third-order valence-electron chi connectivity index (χ3n) is 4.26. The van der Waals surface area contributed by atoms with Crippen molar-refractivity contribution in [1.82, 2.24) is 29.9 Å². The van der Waals surface area contributed by atoms with E-state index < -0.39 is 0 Å². The molecule has 0 aromatic carbocycles. The van der Waals surface area contributed by atoms with Gasteiger partial charge in [-0.05, 0) is 32.0 Å². The van der Waals surface area contributed by atoms with Gasteiger partial charge in [-0.15, -0.1) is 10.2 Å². The van der Waals surface area contributed by atoms with Gasteiger partial charge in [0.1, 0.15) is 11.6 Å². The highest BCUT2D eigenvalue weighted by molar-refractivity contribution is 5.45. The van der Waals surface area contributed by atoms with E-state index in [-0.39, 0.29) is 0 Å². The minimum absolute atomic E-state index is 0.722. The van der Waals surface area contributed by atoms with Crippen molar-refractivity contribution in [3.63, 3.8) is 0 Å². The largest absolute Gasteiger partial charge is 0.353 e. The van der Waals surface area contributed by atoms with Crippen molar-refractivity contribution >= 4 is 11.6 Å². The van der Waals surface area contributed by atoms with Gasteiger partial charge in [0.15, 0.2) is 11.6 Å². The first-order chi connectivity index (χ1) is 12.2. The maximum atomic E-state index is 4.55. The molecular formula is C17H20N8. The summed E-state index contributed by atoms with van der Waals surface area (Å²) in [4.78, 5) is 13.4. The van der Waals surface area contributed by atoms with Crippen LogP contribution < -0.4 is 9.80 Å². The Balaban J connectivity index is 1.43. The minimum Gasteiger partial charge on any atom is -0.353 e. The molecule has 0 unspecified atom stereocenters. The SMILES string of the molecule is Cc1cc(N2CCN(c3ccc(-n4cccn4)nn3)CC2)nc(C)n1. The summed E-state index contributed by atoms with van der Waals surface area (Å²) in [6.07, 6.45) is 3.58. The van der Waals surface area contributed by atoms with Crippen LogP contribution in [-0.4, -0.2) is 56.1 Å². The van der Waals surface area contributed by atoms with Crippen molar-refractivity contribution in [1.29, 1.82) is 0 Å². The van der Waals surface area contributed by atoms with Crippen LogP contribution in [0.5, 0.6) is 0 Å². The van der Waals surface area contributed by atoms with E-state index in [4.69, 9.17) is 0 Å². The predicted molar refractivity (Wildman–Crippen MR) is 95.1 cm³/mol. The van der Waals surface area contributed by atoms with E-state index in [1.54, 1.807) is 10.9 Å². The van der Waals surface area contributed by atoms with Crippen LogP contribution in [0.15, 0.2) is 36.7 Å². The third kappa shape index (κ3) is 3.28. The number of hydrogen-bond donors (Lipinski definition) is 0. The van der Waals surface area contributed by atoms with Crippen molar-refractivity contribution in [2.75, 3.05) is 36.0 Å². The maximum absolute atomic E-state index is 4.55. The molecule has 1 saturated heterocycles. The molecule has 0 radical (unpaired) electrons. The summed E-state index contributed by atoms with van der Waals surface area (Å²) in [5.74, 6) is 3.44. The molecule has 1 fully saturated rings. The summed E-state index contributed by atoms with van der Waals surface area (Å²) in [5, 5.41) is 12.8. The van der Waals surface area contributed by atoms with Gasteiger partial charge in [0.05, 0.1) is 0 Å². The van der Waals surface area contributed by atoms with Crippen molar-refractivity contribution in [2.45, 2.75) is 13.8 Å². The van der Waals surface area contributed by atoms with Gasteiger partial charge >= 0.3 is 0 Å². The Morgan fingerprint density at radius 2 is 1.52 bits per heavy atom. The number of aryl methyl sites for hydroxylation is 2. The molecule has 4 heterocycles. The van der Waals surface area contributed by atoms with E-state index >= 15 is 0 Å². The number of hydrogen-bond acceptors (Lipinski definition) is 7. The van der Waals surface area contributed by atoms with Gasteiger partial charge in [0.2, 0.25) is 0 Å². The highest BCUT2D eigenvalue weighted by Crippen LogP contribution is 2.18. The average Bonchev–Trinajstić information content (AvgIpc) is 3.16. The zero-order chi connectivity index (χ0) is 17.2.